The molecule has 0 saturated heterocycles. The van der Waals surface area contributed by atoms with E-state index >= 15 is 0 Å². The van der Waals surface area contributed by atoms with Crippen LogP contribution < -0.4 is 5.32 Å². The molecule has 0 radical (unpaired) electrons. The summed E-state index contributed by atoms with van der Waals surface area (Å²) in [5.74, 6) is -0.140. The molecule has 0 atom stereocenters. The highest BCUT2D eigenvalue weighted by Gasteiger charge is 1.99. The van der Waals surface area contributed by atoms with Gasteiger partial charge in [-0.3, -0.25) is 4.79 Å². The van der Waals surface area contributed by atoms with Crippen molar-refractivity contribution in [2.24, 2.45) is 0 Å². The van der Waals surface area contributed by atoms with Gasteiger partial charge in [0.05, 0.1) is 13.2 Å². The maximum Gasteiger partial charge on any atom is 0.319 e. The lowest BCUT2D eigenvalue weighted by atomic mass is 10.0. The Hall–Kier alpha value is -0.570. The summed E-state index contributed by atoms with van der Waals surface area (Å²) in [5.41, 5.74) is 0. The summed E-state index contributed by atoms with van der Waals surface area (Å²) >= 11 is 0. The molecule has 0 spiro atoms. The Balaban J connectivity index is 3.01. The summed E-state index contributed by atoms with van der Waals surface area (Å²) in [6.45, 7) is 3.18. The van der Waals surface area contributed by atoms with Gasteiger partial charge < -0.3 is 10.1 Å². The second-order valence-corrected chi connectivity index (χ2v) is 7.05. The highest BCUT2D eigenvalue weighted by molar-refractivity contribution is 5.71. The predicted octanol–water partition coefficient (Wildman–Crippen LogP) is 6.01. The van der Waals surface area contributed by atoms with E-state index in [0.29, 0.717) is 13.2 Å². The molecular weight excluding hydrogens is 298 g/mol. The van der Waals surface area contributed by atoms with Crippen molar-refractivity contribution in [3.05, 3.63) is 0 Å². The largest absolute Gasteiger partial charge is 0.465 e. The van der Waals surface area contributed by atoms with Gasteiger partial charge in [-0.05, 0) is 13.5 Å². The number of esters is 1. The molecule has 0 aromatic rings. The maximum atomic E-state index is 11.1. The lowest BCUT2D eigenvalue weighted by Gasteiger charge is -2.05. The highest BCUT2D eigenvalue weighted by atomic mass is 16.5. The minimum atomic E-state index is -0.140. The Kier molecular flexibility index (Phi) is 20.0. The Labute approximate surface area is 151 Å². The summed E-state index contributed by atoms with van der Waals surface area (Å²) in [5, 5.41) is 2.80. The van der Waals surface area contributed by atoms with Crippen LogP contribution in [0.4, 0.5) is 0 Å². The van der Waals surface area contributed by atoms with Crippen LogP contribution in [0.25, 0.3) is 0 Å². The zero-order valence-electron chi connectivity index (χ0n) is 16.5. The van der Waals surface area contributed by atoms with Gasteiger partial charge in [0.1, 0.15) is 0 Å². The van der Waals surface area contributed by atoms with E-state index in [-0.39, 0.29) is 5.97 Å². The minimum absolute atomic E-state index is 0.140. The fourth-order valence-electron chi connectivity index (χ4n) is 3.03. The third kappa shape index (κ3) is 19.5. The molecule has 0 heterocycles. The third-order valence-corrected chi connectivity index (χ3v) is 4.58. The fraction of sp³-hybridized carbons (Fsp3) is 0.952. The molecule has 0 saturated carbocycles. The molecule has 0 fully saturated rings. The molecule has 0 rings (SSSR count). The SMILES string of the molecule is CCCCCCCCCCCCCCCCCCOC(=O)CNC. The Morgan fingerprint density at radius 3 is 1.42 bits per heavy atom. The van der Waals surface area contributed by atoms with Crippen LogP contribution in [0.5, 0.6) is 0 Å². The zero-order valence-corrected chi connectivity index (χ0v) is 16.5. The third-order valence-electron chi connectivity index (χ3n) is 4.58. The van der Waals surface area contributed by atoms with Gasteiger partial charge in [-0.25, -0.2) is 0 Å². The standard InChI is InChI=1S/C21H43NO2/c1-3-4-5-6-7-8-9-10-11-12-13-14-15-16-17-18-19-24-21(23)20-22-2/h22H,3-20H2,1-2H3. The second kappa shape index (κ2) is 20.5. The molecule has 1 N–H and O–H groups in total. The van der Waals surface area contributed by atoms with Crippen molar-refractivity contribution in [1.82, 2.24) is 5.32 Å². The summed E-state index contributed by atoms with van der Waals surface area (Å²) in [7, 11) is 1.76. The quantitative estimate of drug-likeness (QED) is 0.231. The smallest absolute Gasteiger partial charge is 0.319 e. The van der Waals surface area contributed by atoms with E-state index < -0.39 is 0 Å². The monoisotopic (exact) mass is 341 g/mol. The number of hydrogen-bond donors (Lipinski definition) is 1. The lowest BCUT2D eigenvalue weighted by molar-refractivity contribution is -0.142. The van der Waals surface area contributed by atoms with Crippen molar-refractivity contribution in [1.29, 1.82) is 0 Å². The normalized spacial score (nSPS) is 10.9. The van der Waals surface area contributed by atoms with Crippen LogP contribution in [0, 0.1) is 0 Å². The van der Waals surface area contributed by atoms with E-state index in [4.69, 9.17) is 4.74 Å². The predicted molar refractivity (Wildman–Crippen MR) is 104 cm³/mol. The molecule has 0 aromatic carbocycles. The van der Waals surface area contributed by atoms with Gasteiger partial charge in [-0.2, -0.15) is 0 Å². The van der Waals surface area contributed by atoms with Gasteiger partial charge >= 0.3 is 5.97 Å². The molecule has 0 aromatic heterocycles. The topological polar surface area (TPSA) is 38.3 Å². The summed E-state index contributed by atoms with van der Waals surface area (Å²) in [4.78, 5) is 11.1. The number of carbonyl (C=O) groups is 1. The Bertz CT molecular complexity index is 256. The molecule has 144 valence electrons. The van der Waals surface area contributed by atoms with Crippen LogP contribution in [0.15, 0.2) is 0 Å². The number of likely N-dealkylation sites (N-methyl/N-ethyl adjacent to an activating group) is 1. The molecule has 0 unspecified atom stereocenters. The highest BCUT2D eigenvalue weighted by Crippen LogP contribution is 2.13. The van der Waals surface area contributed by atoms with Crippen LogP contribution >= 0.6 is 0 Å². The average Bonchev–Trinajstić information content (AvgIpc) is 2.58. The van der Waals surface area contributed by atoms with Gasteiger partial charge in [0.25, 0.3) is 0 Å². The maximum absolute atomic E-state index is 11.1. The van der Waals surface area contributed by atoms with E-state index in [9.17, 15) is 4.79 Å². The first-order valence-corrected chi connectivity index (χ1v) is 10.6. The molecule has 0 amide bonds. The fourth-order valence-corrected chi connectivity index (χ4v) is 3.03. The van der Waals surface area contributed by atoms with Crippen molar-refractivity contribution in [2.45, 2.75) is 110 Å². The van der Waals surface area contributed by atoms with E-state index in [2.05, 4.69) is 12.2 Å². The van der Waals surface area contributed by atoms with Crippen molar-refractivity contribution in [3.8, 4) is 0 Å². The lowest BCUT2D eigenvalue weighted by Crippen LogP contribution is -2.21. The van der Waals surface area contributed by atoms with E-state index in [0.717, 1.165) is 6.42 Å². The molecule has 0 aliphatic heterocycles. The van der Waals surface area contributed by atoms with E-state index in [1.807, 2.05) is 0 Å². The first-order valence-electron chi connectivity index (χ1n) is 10.6. The van der Waals surface area contributed by atoms with Crippen molar-refractivity contribution in [3.63, 3.8) is 0 Å². The first kappa shape index (κ1) is 23.4. The number of carbonyl (C=O) groups excluding carboxylic acids is 1. The van der Waals surface area contributed by atoms with Gasteiger partial charge in [-0.15, -0.1) is 0 Å². The number of rotatable bonds is 19. The summed E-state index contributed by atoms with van der Waals surface area (Å²) in [6.07, 6.45) is 21.8. The number of hydrogen-bond acceptors (Lipinski definition) is 3. The van der Waals surface area contributed by atoms with Crippen LogP contribution in [0.3, 0.4) is 0 Å². The van der Waals surface area contributed by atoms with Crippen molar-refractivity contribution >= 4 is 5.97 Å². The number of ether oxygens (including phenoxy) is 1. The second-order valence-electron chi connectivity index (χ2n) is 7.05. The molecule has 24 heavy (non-hydrogen) atoms. The van der Waals surface area contributed by atoms with Gasteiger partial charge in [0, 0.05) is 0 Å². The molecule has 0 bridgehead atoms. The van der Waals surface area contributed by atoms with Crippen LogP contribution in [0.1, 0.15) is 110 Å². The van der Waals surface area contributed by atoms with E-state index in [1.165, 1.54) is 96.3 Å². The van der Waals surface area contributed by atoms with Gasteiger partial charge in [0.15, 0.2) is 0 Å². The summed E-state index contributed by atoms with van der Waals surface area (Å²) < 4.78 is 5.10. The average molecular weight is 342 g/mol. The molecule has 0 aliphatic rings. The van der Waals surface area contributed by atoms with Crippen LogP contribution in [0.2, 0.25) is 0 Å². The minimum Gasteiger partial charge on any atom is -0.465 e. The number of nitrogens with one attached hydrogen (secondary N) is 1. The van der Waals surface area contributed by atoms with Crippen molar-refractivity contribution < 1.29 is 9.53 Å². The molecule has 0 aliphatic carbocycles. The van der Waals surface area contributed by atoms with Crippen LogP contribution in [-0.4, -0.2) is 26.2 Å². The van der Waals surface area contributed by atoms with Crippen molar-refractivity contribution in [2.75, 3.05) is 20.2 Å². The molecule has 3 heteroatoms. The van der Waals surface area contributed by atoms with Gasteiger partial charge in [-0.1, -0.05) is 103 Å². The molecular formula is C21H43NO2. The van der Waals surface area contributed by atoms with E-state index in [1.54, 1.807) is 7.05 Å². The van der Waals surface area contributed by atoms with Crippen LogP contribution in [-0.2, 0) is 9.53 Å². The number of unbranched alkanes of at least 4 members (excludes halogenated alkanes) is 15. The Morgan fingerprint density at radius 1 is 0.667 bits per heavy atom. The Morgan fingerprint density at radius 2 is 1.04 bits per heavy atom. The molecule has 3 nitrogen and oxygen atoms in total. The summed E-state index contributed by atoms with van der Waals surface area (Å²) in [6, 6.07) is 0. The van der Waals surface area contributed by atoms with Gasteiger partial charge in [0.2, 0.25) is 0 Å². The zero-order chi connectivity index (χ0) is 17.7. The first-order chi connectivity index (χ1) is 11.8.